The van der Waals surface area contributed by atoms with Crippen molar-refractivity contribution in [1.29, 1.82) is 0 Å². The van der Waals surface area contributed by atoms with E-state index in [1.807, 2.05) is 6.07 Å². The number of carboxylic acids is 1. The number of carboxylic acid groups (broad SMARTS) is 1. The molecule has 12 heteroatoms. The number of hydrogen-bond acceptors (Lipinski definition) is 7. The Morgan fingerprint density at radius 2 is 1.52 bits per heavy atom. The zero-order valence-electron chi connectivity index (χ0n) is 27.3. The monoisotopic (exact) mass is 682 g/mol. The van der Waals surface area contributed by atoms with Gasteiger partial charge in [-0.2, -0.15) is 17.4 Å². The van der Waals surface area contributed by atoms with Gasteiger partial charge in [-0.3, -0.25) is 14.4 Å². The van der Waals surface area contributed by atoms with Crippen LogP contribution in [0.5, 0.6) is 0 Å². The summed E-state index contributed by atoms with van der Waals surface area (Å²) >= 11 is 0. The van der Waals surface area contributed by atoms with Gasteiger partial charge in [-0.25, -0.2) is 4.39 Å². The second kappa shape index (κ2) is 15.5. The standard InChI is InChI=1S/C36H43FN2O8S/c1-4-29(35(2,3)34(44)47-24-26-11-7-5-8-12-26)32(41)30(19-20-31(40)27-13-9-6-10-14-27)39(23-25-15-17-28(37)18-16-25)48(45,46)38-36(21-22-36)33(42)43/h5-18,29-31,38,40H,4,19-24H2,1-3H3,(H,42,43)/t29-,30?,31?/m1/s1. The Morgan fingerprint density at radius 1 is 0.938 bits per heavy atom. The Bertz CT molecular complexity index is 1660. The fourth-order valence-corrected chi connectivity index (χ4v) is 7.62. The first-order valence-corrected chi connectivity index (χ1v) is 17.4. The molecule has 258 valence electrons. The number of nitrogens with one attached hydrogen (secondary N) is 1. The average Bonchev–Trinajstić information content (AvgIpc) is 3.85. The number of aliphatic hydroxyl groups is 1. The third-order valence-electron chi connectivity index (χ3n) is 8.98. The summed E-state index contributed by atoms with van der Waals surface area (Å²) in [6, 6.07) is 21.4. The summed E-state index contributed by atoms with van der Waals surface area (Å²) in [4.78, 5) is 40.3. The quantitative estimate of drug-likeness (QED) is 0.153. The first-order valence-electron chi connectivity index (χ1n) is 16.0. The van der Waals surface area contributed by atoms with Crippen LogP contribution in [0.1, 0.15) is 75.7 Å². The molecule has 48 heavy (non-hydrogen) atoms. The Kier molecular flexibility index (Phi) is 11.9. The smallest absolute Gasteiger partial charge is 0.324 e. The van der Waals surface area contributed by atoms with Gasteiger partial charge in [0, 0.05) is 12.5 Å². The summed E-state index contributed by atoms with van der Waals surface area (Å²) in [5.41, 5.74) is -1.45. The zero-order valence-corrected chi connectivity index (χ0v) is 28.2. The lowest BCUT2D eigenvalue weighted by Crippen LogP contribution is -2.56. The Hall–Kier alpha value is -3.97. The lowest BCUT2D eigenvalue weighted by Gasteiger charge is -2.37. The minimum Gasteiger partial charge on any atom is -0.480 e. The number of hydrogen-bond donors (Lipinski definition) is 3. The number of benzene rings is 3. The van der Waals surface area contributed by atoms with Gasteiger partial charge in [-0.05, 0) is 74.8 Å². The van der Waals surface area contributed by atoms with Crippen LogP contribution in [0, 0.1) is 17.2 Å². The lowest BCUT2D eigenvalue weighted by atomic mass is 9.72. The molecule has 3 atom stereocenters. The molecule has 2 unspecified atom stereocenters. The number of rotatable bonds is 18. The molecule has 3 aromatic rings. The predicted octanol–water partition coefficient (Wildman–Crippen LogP) is 5.33. The van der Waals surface area contributed by atoms with Crippen LogP contribution in [0.25, 0.3) is 0 Å². The molecule has 1 aliphatic carbocycles. The van der Waals surface area contributed by atoms with Gasteiger partial charge in [0.1, 0.15) is 18.0 Å². The second-order valence-electron chi connectivity index (χ2n) is 12.8. The zero-order chi connectivity index (χ0) is 35.1. The van der Waals surface area contributed by atoms with E-state index in [4.69, 9.17) is 4.74 Å². The van der Waals surface area contributed by atoms with Crippen molar-refractivity contribution in [2.24, 2.45) is 11.3 Å². The van der Waals surface area contributed by atoms with Gasteiger partial charge in [0.2, 0.25) is 0 Å². The molecule has 1 saturated carbocycles. The number of halogens is 1. The van der Waals surface area contributed by atoms with Crippen LogP contribution in [0.15, 0.2) is 84.9 Å². The van der Waals surface area contributed by atoms with E-state index in [0.29, 0.717) is 11.1 Å². The molecule has 1 fully saturated rings. The van der Waals surface area contributed by atoms with Crippen LogP contribution in [0.4, 0.5) is 4.39 Å². The molecule has 3 N–H and O–H groups in total. The molecule has 0 bridgehead atoms. The number of ketones is 1. The SMILES string of the molecule is CC[C@H](C(=O)C(CCC(O)c1ccccc1)N(Cc1ccc(F)cc1)S(=O)(=O)NC1(C(=O)O)CC1)C(C)(C)C(=O)OCc1ccccc1. The largest absolute Gasteiger partial charge is 0.480 e. The van der Waals surface area contributed by atoms with Crippen molar-refractivity contribution >= 4 is 27.9 Å². The lowest BCUT2D eigenvalue weighted by molar-refractivity contribution is -0.162. The first kappa shape index (κ1) is 36.9. The third-order valence-corrected chi connectivity index (χ3v) is 10.6. The van der Waals surface area contributed by atoms with Crippen molar-refractivity contribution in [3.05, 3.63) is 107 Å². The highest BCUT2D eigenvalue weighted by molar-refractivity contribution is 7.87. The average molecular weight is 683 g/mol. The normalized spacial score (nSPS) is 16.1. The Morgan fingerprint density at radius 3 is 2.06 bits per heavy atom. The maximum atomic E-state index is 14.7. The van der Waals surface area contributed by atoms with Crippen LogP contribution < -0.4 is 4.72 Å². The number of ether oxygens (including phenoxy) is 1. The summed E-state index contributed by atoms with van der Waals surface area (Å²) < 4.78 is 50.9. The molecule has 10 nitrogen and oxygen atoms in total. The minimum absolute atomic E-state index is 0.0211. The van der Waals surface area contributed by atoms with E-state index in [-0.39, 0.29) is 38.7 Å². The van der Waals surface area contributed by atoms with Crippen molar-refractivity contribution in [1.82, 2.24) is 9.03 Å². The van der Waals surface area contributed by atoms with Gasteiger partial charge in [-0.15, -0.1) is 0 Å². The summed E-state index contributed by atoms with van der Waals surface area (Å²) in [5, 5.41) is 20.9. The number of carbonyl (C=O) groups is 3. The van der Waals surface area contributed by atoms with Gasteiger partial charge in [0.15, 0.2) is 5.78 Å². The fourth-order valence-electron chi connectivity index (χ4n) is 5.86. The van der Waals surface area contributed by atoms with E-state index in [1.165, 1.54) is 12.1 Å². The van der Waals surface area contributed by atoms with Crippen LogP contribution in [0.3, 0.4) is 0 Å². The van der Waals surface area contributed by atoms with Gasteiger partial charge in [0.05, 0.1) is 17.6 Å². The van der Waals surface area contributed by atoms with Gasteiger partial charge < -0.3 is 14.9 Å². The van der Waals surface area contributed by atoms with Crippen molar-refractivity contribution in [3.63, 3.8) is 0 Å². The molecule has 0 heterocycles. The molecule has 0 aromatic heterocycles. The number of carbonyl (C=O) groups excluding carboxylic acids is 2. The summed E-state index contributed by atoms with van der Waals surface area (Å²) in [6.07, 6.45) is -0.967. The van der Waals surface area contributed by atoms with E-state index in [9.17, 15) is 37.4 Å². The number of aliphatic carboxylic acids is 1. The van der Waals surface area contributed by atoms with Crippen LogP contribution >= 0.6 is 0 Å². The maximum Gasteiger partial charge on any atom is 0.324 e. The molecule has 0 amide bonds. The highest BCUT2D eigenvalue weighted by Gasteiger charge is 2.55. The Labute approximate surface area is 281 Å². The molecule has 3 aromatic carbocycles. The van der Waals surface area contributed by atoms with E-state index >= 15 is 0 Å². The van der Waals surface area contributed by atoms with Crippen LogP contribution in [-0.4, -0.2) is 52.2 Å². The molecule has 0 aliphatic heterocycles. The van der Waals surface area contributed by atoms with Crippen molar-refractivity contribution < 1.29 is 42.1 Å². The summed E-state index contributed by atoms with van der Waals surface area (Å²) in [6.45, 7) is 4.43. The number of esters is 1. The van der Waals surface area contributed by atoms with Gasteiger partial charge in [-0.1, -0.05) is 79.7 Å². The number of Topliss-reactive ketones (excluding diaryl/α,β-unsaturated/α-hetero) is 1. The molecule has 0 spiro atoms. The first-order chi connectivity index (χ1) is 22.7. The molecular formula is C36H43FN2O8S. The van der Waals surface area contributed by atoms with E-state index in [2.05, 4.69) is 4.72 Å². The van der Waals surface area contributed by atoms with Crippen LogP contribution in [0.2, 0.25) is 0 Å². The molecule has 4 rings (SSSR count). The van der Waals surface area contributed by atoms with Crippen LogP contribution in [-0.2, 0) is 42.5 Å². The highest BCUT2D eigenvalue weighted by Crippen LogP contribution is 2.39. The highest BCUT2D eigenvalue weighted by atomic mass is 32.2. The third kappa shape index (κ3) is 8.93. The van der Waals surface area contributed by atoms with Crippen molar-refractivity contribution in [2.75, 3.05) is 0 Å². The van der Waals surface area contributed by atoms with Gasteiger partial charge in [0.25, 0.3) is 10.2 Å². The molecule has 0 saturated heterocycles. The second-order valence-corrected chi connectivity index (χ2v) is 14.5. The Balaban J connectivity index is 1.72. The van der Waals surface area contributed by atoms with Crippen molar-refractivity contribution in [3.8, 4) is 0 Å². The van der Waals surface area contributed by atoms with Crippen molar-refractivity contribution in [2.45, 2.75) is 83.7 Å². The summed E-state index contributed by atoms with van der Waals surface area (Å²) in [5.74, 6) is -4.16. The summed E-state index contributed by atoms with van der Waals surface area (Å²) in [7, 11) is -4.69. The minimum atomic E-state index is -4.69. The number of aliphatic hydroxyl groups excluding tert-OH is 1. The predicted molar refractivity (Wildman–Crippen MR) is 177 cm³/mol. The topological polar surface area (TPSA) is 150 Å². The van der Waals surface area contributed by atoms with E-state index in [0.717, 1.165) is 22.0 Å². The fraction of sp³-hybridized carbons (Fsp3) is 0.417. The van der Waals surface area contributed by atoms with Gasteiger partial charge >= 0.3 is 11.9 Å². The number of nitrogens with zero attached hydrogens (tertiary/aromatic N) is 1. The molecular weight excluding hydrogens is 639 g/mol. The maximum absolute atomic E-state index is 14.7. The van der Waals surface area contributed by atoms with E-state index in [1.54, 1.807) is 75.4 Å². The van der Waals surface area contributed by atoms with E-state index < -0.39 is 69.3 Å². The molecule has 1 aliphatic rings. The molecule has 0 radical (unpaired) electrons.